The van der Waals surface area contributed by atoms with Crippen LogP contribution in [0, 0.1) is 20.8 Å². The molecule has 1 aromatic carbocycles. The second-order valence-corrected chi connectivity index (χ2v) is 5.09. The van der Waals surface area contributed by atoms with Crippen LogP contribution in [0.15, 0.2) is 29.6 Å². The van der Waals surface area contributed by atoms with Gasteiger partial charge in [-0.2, -0.15) is 0 Å². The van der Waals surface area contributed by atoms with Crippen LogP contribution >= 0.6 is 11.3 Å². The van der Waals surface area contributed by atoms with Gasteiger partial charge in [-0.25, -0.2) is 0 Å². The fraction of sp³-hybridized carbons (Fsp3) is 0.214. The molecular weight excluding hydrogens is 216 g/mol. The summed E-state index contributed by atoms with van der Waals surface area (Å²) in [6, 6.07) is 7.79. The highest BCUT2D eigenvalue weighted by atomic mass is 32.1. The fourth-order valence-corrected chi connectivity index (χ4v) is 2.46. The SMILES string of the molecule is Cc1cccc(C(=O)c2ccsc2C)c1C. The zero-order valence-corrected chi connectivity index (χ0v) is 10.5. The zero-order chi connectivity index (χ0) is 11.7. The Kier molecular flexibility index (Phi) is 2.92. The van der Waals surface area contributed by atoms with E-state index in [0.717, 1.165) is 21.6 Å². The second kappa shape index (κ2) is 4.22. The lowest BCUT2D eigenvalue weighted by Crippen LogP contribution is -2.04. The van der Waals surface area contributed by atoms with Crippen LogP contribution in [0.25, 0.3) is 0 Å². The number of rotatable bonds is 2. The van der Waals surface area contributed by atoms with Crippen LogP contribution in [0.2, 0.25) is 0 Å². The Hall–Kier alpha value is -1.41. The van der Waals surface area contributed by atoms with E-state index in [0.29, 0.717) is 0 Å². The van der Waals surface area contributed by atoms with E-state index in [1.54, 1.807) is 11.3 Å². The zero-order valence-electron chi connectivity index (χ0n) is 9.70. The molecule has 0 bridgehead atoms. The Morgan fingerprint density at radius 1 is 1.06 bits per heavy atom. The molecule has 1 heterocycles. The van der Waals surface area contributed by atoms with Crippen molar-refractivity contribution in [1.29, 1.82) is 0 Å². The average Bonchev–Trinajstić information content (AvgIpc) is 2.68. The largest absolute Gasteiger partial charge is 0.289 e. The van der Waals surface area contributed by atoms with E-state index in [1.807, 2.05) is 50.4 Å². The third-order valence-electron chi connectivity index (χ3n) is 2.95. The molecular formula is C14H14OS. The van der Waals surface area contributed by atoms with Gasteiger partial charge in [-0.15, -0.1) is 11.3 Å². The first kappa shape index (κ1) is 11.1. The molecule has 82 valence electrons. The third-order valence-corrected chi connectivity index (χ3v) is 3.80. The Labute approximate surface area is 99.8 Å². The first-order valence-electron chi connectivity index (χ1n) is 5.26. The predicted octanol–water partition coefficient (Wildman–Crippen LogP) is 3.90. The number of ketones is 1. The third kappa shape index (κ3) is 1.81. The maximum Gasteiger partial charge on any atom is 0.194 e. The van der Waals surface area contributed by atoms with Gasteiger partial charge >= 0.3 is 0 Å². The van der Waals surface area contributed by atoms with Gasteiger partial charge in [0.15, 0.2) is 5.78 Å². The molecule has 0 N–H and O–H groups in total. The van der Waals surface area contributed by atoms with Gasteiger partial charge in [-0.05, 0) is 43.3 Å². The smallest absolute Gasteiger partial charge is 0.194 e. The lowest BCUT2D eigenvalue weighted by molar-refractivity contribution is 0.103. The molecule has 16 heavy (non-hydrogen) atoms. The summed E-state index contributed by atoms with van der Waals surface area (Å²) < 4.78 is 0. The molecule has 1 aromatic heterocycles. The van der Waals surface area contributed by atoms with Gasteiger partial charge in [-0.1, -0.05) is 18.2 Å². The molecule has 0 spiro atoms. The summed E-state index contributed by atoms with van der Waals surface area (Å²) in [5, 5.41) is 1.97. The van der Waals surface area contributed by atoms with E-state index >= 15 is 0 Å². The summed E-state index contributed by atoms with van der Waals surface area (Å²) in [5.41, 5.74) is 3.90. The van der Waals surface area contributed by atoms with E-state index in [4.69, 9.17) is 0 Å². The van der Waals surface area contributed by atoms with Crippen molar-refractivity contribution in [1.82, 2.24) is 0 Å². The van der Waals surface area contributed by atoms with Crippen LogP contribution < -0.4 is 0 Å². The maximum absolute atomic E-state index is 12.3. The normalized spacial score (nSPS) is 10.4. The molecule has 2 rings (SSSR count). The summed E-state index contributed by atoms with van der Waals surface area (Å²) in [4.78, 5) is 13.4. The molecule has 1 nitrogen and oxygen atoms in total. The highest BCUT2D eigenvalue weighted by molar-refractivity contribution is 7.10. The van der Waals surface area contributed by atoms with Crippen LogP contribution in [0.5, 0.6) is 0 Å². The molecule has 0 atom stereocenters. The summed E-state index contributed by atoms with van der Waals surface area (Å²) in [6.07, 6.45) is 0. The van der Waals surface area contributed by atoms with Crippen LogP contribution in [-0.2, 0) is 0 Å². The van der Waals surface area contributed by atoms with Crippen molar-refractivity contribution in [3.05, 3.63) is 56.8 Å². The molecule has 0 aliphatic carbocycles. The van der Waals surface area contributed by atoms with Gasteiger partial charge < -0.3 is 0 Å². The van der Waals surface area contributed by atoms with Crippen molar-refractivity contribution in [3.63, 3.8) is 0 Å². The Bertz CT molecular complexity index is 537. The molecule has 0 amide bonds. The van der Waals surface area contributed by atoms with Crippen molar-refractivity contribution in [3.8, 4) is 0 Å². The summed E-state index contributed by atoms with van der Waals surface area (Å²) >= 11 is 1.62. The van der Waals surface area contributed by atoms with E-state index in [9.17, 15) is 4.79 Å². The summed E-state index contributed by atoms with van der Waals surface area (Å²) in [5.74, 6) is 0.139. The number of hydrogen-bond donors (Lipinski definition) is 0. The van der Waals surface area contributed by atoms with Crippen molar-refractivity contribution in [2.45, 2.75) is 20.8 Å². The summed E-state index contributed by atoms with van der Waals surface area (Å²) in [6.45, 7) is 6.03. The molecule has 0 aliphatic heterocycles. The number of hydrogen-bond acceptors (Lipinski definition) is 2. The quantitative estimate of drug-likeness (QED) is 0.715. The van der Waals surface area contributed by atoms with E-state index in [2.05, 4.69) is 0 Å². The number of aryl methyl sites for hydroxylation is 2. The lowest BCUT2D eigenvalue weighted by Gasteiger charge is -2.07. The van der Waals surface area contributed by atoms with Crippen molar-refractivity contribution >= 4 is 17.1 Å². The molecule has 0 radical (unpaired) electrons. The molecule has 0 aliphatic rings. The predicted molar refractivity (Wildman–Crippen MR) is 68.4 cm³/mol. The van der Waals surface area contributed by atoms with Gasteiger partial charge in [0.05, 0.1) is 0 Å². The van der Waals surface area contributed by atoms with Crippen LogP contribution in [-0.4, -0.2) is 5.78 Å². The standard InChI is InChI=1S/C14H14OS/c1-9-5-4-6-12(10(9)2)14(15)13-7-8-16-11(13)3/h4-8H,1-3H3. The van der Waals surface area contributed by atoms with Gasteiger partial charge in [0.25, 0.3) is 0 Å². The fourth-order valence-electron chi connectivity index (χ4n) is 1.76. The highest BCUT2D eigenvalue weighted by Crippen LogP contribution is 2.22. The minimum absolute atomic E-state index is 0.139. The highest BCUT2D eigenvalue weighted by Gasteiger charge is 2.15. The Morgan fingerprint density at radius 3 is 2.44 bits per heavy atom. The minimum atomic E-state index is 0.139. The number of carbonyl (C=O) groups is 1. The van der Waals surface area contributed by atoms with Crippen LogP contribution in [0.1, 0.15) is 31.9 Å². The molecule has 2 heteroatoms. The monoisotopic (exact) mass is 230 g/mol. The number of thiophene rings is 1. The number of carbonyl (C=O) groups excluding carboxylic acids is 1. The number of benzene rings is 1. The van der Waals surface area contributed by atoms with Gasteiger partial charge in [-0.3, -0.25) is 4.79 Å². The molecule has 0 fully saturated rings. The lowest BCUT2D eigenvalue weighted by atomic mass is 9.97. The Balaban J connectivity index is 2.50. The molecule has 0 saturated heterocycles. The molecule has 0 unspecified atom stereocenters. The Morgan fingerprint density at radius 2 is 1.81 bits per heavy atom. The average molecular weight is 230 g/mol. The molecule has 2 aromatic rings. The van der Waals surface area contributed by atoms with Gasteiger partial charge in [0.1, 0.15) is 0 Å². The van der Waals surface area contributed by atoms with E-state index < -0.39 is 0 Å². The van der Waals surface area contributed by atoms with Crippen LogP contribution in [0.4, 0.5) is 0 Å². The maximum atomic E-state index is 12.3. The van der Waals surface area contributed by atoms with Crippen molar-refractivity contribution in [2.24, 2.45) is 0 Å². The van der Waals surface area contributed by atoms with Crippen molar-refractivity contribution in [2.75, 3.05) is 0 Å². The topological polar surface area (TPSA) is 17.1 Å². The first-order valence-corrected chi connectivity index (χ1v) is 6.14. The summed E-state index contributed by atoms with van der Waals surface area (Å²) in [7, 11) is 0. The van der Waals surface area contributed by atoms with Crippen molar-refractivity contribution < 1.29 is 4.79 Å². The van der Waals surface area contributed by atoms with Gasteiger partial charge in [0, 0.05) is 16.0 Å². The van der Waals surface area contributed by atoms with Crippen LogP contribution in [0.3, 0.4) is 0 Å². The molecule has 0 saturated carbocycles. The van der Waals surface area contributed by atoms with Gasteiger partial charge in [0.2, 0.25) is 0 Å². The minimum Gasteiger partial charge on any atom is -0.289 e. The second-order valence-electron chi connectivity index (χ2n) is 3.97. The first-order chi connectivity index (χ1) is 7.61. The van der Waals surface area contributed by atoms with E-state index in [1.165, 1.54) is 5.56 Å². The van der Waals surface area contributed by atoms with E-state index in [-0.39, 0.29) is 5.78 Å².